The Hall–Kier alpha value is -2.70. The van der Waals surface area contributed by atoms with Crippen molar-refractivity contribution in [3.05, 3.63) is 36.2 Å². The number of carbonyl (C=O) groups is 2. The molecule has 0 radical (unpaired) electrons. The largest absolute Gasteiger partial charge is 0.337 e. The molecular weight excluding hydrogens is 260 g/mol. The molecule has 1 aliphatic rings. The van der Waals surface area contributed by atoms with E-state index in [9.17, 15) is 9.59 Å². The number of imide groups is 1. The molecule has 3 amide bonds. The Labute approximate surface area is 114 Å². The van der Waals surface area contributed by atoms with E-state index in [4.69, 9.17) is 4.52 Å². The molecule has 7 nitrogen and oxygen atoms in total. The van der Waals surface area contributed by atoms with Crippen LogP contribution < -0.4 is 5.32 Å². The number of benzene rings is 1. The van der Waals surface area contributed by atoms with Gasteiger partial charge in [0.15, 0.2) is 5.82 Å². The summed E-state index contributed by atoms with van der Waals surface area (Å²) in [6.45, 7) is 0.386. The van der Waals surface area contributed by atoms with Crippen molar-refractivity contribution in [3.8, 4) is 11.5 Å². The summed E-state index contributed by atoms with van der Waals surface area (Å²) in [5.74, 6) is 0.430. The summed E-state index contributed by atoms with van der Waals surface area (Å²) >= 11 is 0. The molecule has 0 aliphatic carbocycles. The maximum absolute atomic E-state index is 11.7. The van der Waals surface area contributed by atoms with Gasteiger partial charge in [0, 0.05) is 18.5 Å². The van der Waals surface area contributed by atoms with E-state index in [1.54, 1.807) is 0 Å². The third kappa shape index (κ3) is 2.37. The van der Waals surface area contributed by atoms with Gasteiger partial charge in [0.25, 0.3) is 5.89 Å². The molecule has 1 aromatic carbocycles. The highest BCUT2D eigenvalue weighted by atomic mass is 16.5. The second kappa shape index (κ2) is 5.12. The fourth-order valence-electron chi connectivity index (χ4n) is 1.94. The Balaban J connectivity index is 1.77. The number of nitrogens with zero attached hydrogens (tertiary/aromatic N) is 3. The highest BCUT2D eigenvalue weighted by Gasteiger charge is 2.27. The number of hydrogen-bond donors (Lipinski definition) is 1. The van der Waals surface area contributed by atoms with Crippen molar-refractivity contribution in [2.45, 2.75) is 13.0 Å². The molecule has 0 saturated carbocycles. The fourth-order valence-corrected chi connectivity index (χ4v) is 1.94. The molecule has 2 heterocycles. The number of nitrogens with one attached hydrogen (secondary N) is 1. The zero-order chi connectivity index (χ0) is 13.9. The fraction of sp³-hybridized carbons (Fsp3) is 0.231. The van der Waals surface area contributed by atoms with Crippen LogP contribution in [0.4, 0.5) is 4.79 Å². The lowest BCUT2D eigenvalue weighted by atomic mass is 10.2. The van der Waals surface area contributed by atoms with Gasteiger partial charge in [-0.2, -0.15) is 4.98 Å². The second-order valence-corrected chi connectivity index (χ2v) is 4.34. The van der Waals surface area contributed by atoms with E-state index >= 15 is 0 Å². The van der Waals surface area contributed by atoms with Crippen LogP contribution in [0.25, 0.3) is 11.5 Å². The van der Waals surface area contributed by atoms with Gasteiger partial charge in [-0.05, 0) is 12.1 Å². The van der Waals surface area contributed by atoms with Crippen molar-refractivity contribution in [3.63, 3.8) is 0 Å². The number of amides is 3. The zero-order valence-electron chi connectivity index (χ0n) is 10.6. The van der Waals surface area contributed by atoms with Gasteiger partial charge in [0.2, 0.25) is 5.91 Å². The Morgan fingerprint density at radius 3 is 2.80 bits per heavy atom. The van der Waals surface area contributed by atoms with Gasteiger partial charge in [-0.3, -0.25) is 9.69 Å². The molecule has 1 saturated heterocycles. The maximum atomic E-state index is 11.7. The standard InChI is InChI=1S/C13H12N4O3/c18-11-6-7-14-13(19)17(11)8-10-15-12(20-16-10)9-4-2-1-3-5-9/h1-5H,6-8H2,(H,14,19). The molecule has 2 aromatic rings. The van der Waals surface area contributed by atoms with Crippen LogP contribution in [-0.4, -0.2) is 33.5 Å². The number of carbonyl (C=O) groups excluding carboxylic acids is 2. The van der Waals surface area contributed by atoms with Crippen LogP contribution in [-0.2, 0) is 11.3 Å². The van der Waals surface area contributed by atoms with Gasteiger partial charge in [-0.1, -0.05) is 23.4 Å². The Kier molecular flexibility index (Phi) is 3.16. The van der Waals surface area contributed by atoms with E-state index in [1.807, 2.05) is 30.3 Å². The minimum Gasteiger partial charge on any atom is -0.337 e. The first-order valence-corrected chi connectivity index (χ1v) is 6.20. The van der Waals surface area contributed by atoms with E-state index in [1.165, 1.54) is 0 Å². The summed E-state index contributed by atoms with van der Waals surface area (Å²) in [7, 11) is 0. The summed E-state index contributed by atoms with van der Waals surface area (Å²) in [6, 6.07) is 8.87. The molecule has 0 unspecified atom stereocenters. The van der Waals surface area contributed by atoms with Gasteiger partial charge in [-0.15, -0.1) is 0 Å². The van der Waals surface area contributed by atoms with E-state index in [2.05, 4.69) is 15.5 Å². The van der Waals surface area contributed by atoms with Crippen LogP contribution in [0, 0.1) is 0 Å². The van der Waals surface area contributed by atoms with Crippen LogP contribution in [0.5, 0.6) is 0 Å². The van der Waals surface area contributed by atoms with Crippen molar-refractivity contribution in [1.82, 2.24) is 20.4 Å². The van der Waals surface area contributed by atoms with Gasteiger partial charge in [-0.25, -0.2) is 4.79 Å². The second-order valence-electron chi connectivity index (χ2n) is 4.34. The van der Waals surface area contributed by atoms with E-state index in [0.29, 0.717) is 18.3 Å². The van der Waals surface area contributed by atoms with Gasteiger partial charge >= 0.3 is 6.03 Å². The molecule has 20 heavy (non-hydrogen) atoms. The highest BCUT2D eigenvalue weighted by Crippen LogP contribution is 2.17. The van der Waals surface area contributed by atoms with Crippen molar-refractivity contribution in [2.24, 2.45) is 0 Å². The van der Waals surface area contributed by atoms with Crippen molar-refractivity contribution >= 4 is 11.9 Å². The number of hydrogen-bond acceptors (Lipinski definition) is 5. The molecule has 1 aromatic heterocycles. The van der Waals surface area contributed by atoms with Gasteiger partial charge in [0.05, 0.1) is 6.54 Å². The molecule has 102 valence electrons. The molecule has 0 spiro atoms. The van der Waals surface area contributed by atoms with Crippen molar-refractivity contribution < 1.29 is 14.1 Å². The van der Waals surface area contributed by atoms with Gasteiger partial charge < -0.3 is 9.84 Å². The average molecular weight is 272 g/mol. The van der Waals surface area contributed by atoms with E-state index in [-0.39, 0.29) is 18.9 Å². The third-order valence-corrected chi connectivity index (χ3v) is 2.95. The minimum absolute atomic E-state index is 0.0149. The number of rotatable bonds is 3. The lowest BCUT2D eigenvalue weighted by Gasteiger charge is -2.24. The summed E-state index contributed by atoms with van der Waals surface area (Å²) in [4.78, 5) is 28.5. The monoisotopic (exact) mass is 272 g/mol. The third-order valence-electron chi connectivity index (χ3n) is 2.95. The molecule has 1 fully saturated rings. The Morgan fingerprint density at radius 1 is 1.25 bits per heavy atom. The van der Waals surface area contributed by atoms with Gasteiger partial charge in [0.1, 0.15) is 0 Å². The normalized spacial score (nSPS) is 15.3. The Bertz CT molecular complexity index is 622. The smallest absolute Gasteiger partial charge is 0.324 e. The number of urea groups is 1. The molecular formula is C13H12N4O3. The van der Waals surface area contributed by atoms with Crippen molar-refractivity contribution in [2.75, 3.05) is 6.54 Å². The maximum Gasteiger partial charge on any atom is 0.324 e. The predicted molar refractivity (Wildman–Crippen MR) is 68.3 cm³/mol. The summed E-state index contributed by atoms with van der Waals surface area (Å²) in [5, 5.41) is 6.40. The first kappa shape index (κ1) is 12.3. The molecule has 0 atom stereocenters. The molecule has 3 rings (SSSR count). The summed E-state index contributed by atoms with van der Waals surface area (Å²) < 4.78 is 5.13. The predicted octanol–water partition coefficient (Wildman–Crippen LogP) is 1.18. The van der Waals surface area contributed by atoms with Crippen LogP contribution in [0.2, 0.25) is 0 Å². The quantitative estimate of drug-likeness (QED) is 0.906. The van der Waals surface area contributed by atoms with E-state index in [0.717, 1.165) is 10.5 Å². The minimum atomic E-state index is -0.424. The van der Waals surface area contributed by atoms with Crippen LogP contribution in [0.1, 0.15) is 12.2 Å². The summed E-state index contributed by atoms with van der Waals surface area (Å²) in [6.07, 6.45) is 0.287. The highest BCUT2D eigenvalue weighted by molar-refractivity contribution is 5.96. The zero-order valence-corrected chi connectivity index (χ0v) is 10.6. The average Bonchev–Trinajstić information content (AvgIpc) is 2.93. The lowest BCUT2D eigenvalue weighted by Crippen LogP contribution is -2.49. The Morgan fingerprint density at radius 2 is 2.05 bits per heavy atom. The molecule has 1 aliphatic heterocycles. The topological polar surface area (TPSA) is 88.3 Å². The van der Waals surface area contributed by atoms with Crippen LogP contribution in [0.15, 0.2) is 34.9 Å². The molecule has 1 N–H and O–H groups in total. The van der Waals surface area contributed by atoms with Crippen LogP contribution >= 0.6 is 0 Å². The van der Waals surface area contributed by atoms with Crippen molar-refractivity contribution in [1.29, 1.82) is 0 Å². The lowest BCUT2D eigenvalue weighted by molar-refractivity contribution is -0.129. The first-order valence-electron chi connectivity index (χ1n) is 6.20. The molecule has 0 bridgehead atoms. The van der Waals surface area contributed by atoms with Crippen LogP contribution in [0.3, 0.4) is 0 Å². The van der Waals surface area contributed by atoms with E-state index < -0.39 is 6.03 Å². The molecule has 7 heteroatoms. The first-order chi connectivity index (χ1) is 9.74. The number of aromatic nitrogens is 2. The SMILES string of the molecule is O=C1CCNC(=O)N1Cc1noc(-c2ccccc2)n1. The summed E-state index contributed by atoms with van der Waals surface area (Å²) in [5.41, 5.74) is 0.792.